The molecule has 2 aromatic carbocycles. The van der Waals surface area contributed by atoms with Crippen molar-refractivity contribution < 1.29 is 9.18 Å². The number of rotatable bonds is 5. The van der Waals surface area contributed by atoms with Crippen LogP contribution in [0.15, 0.2) is 48.5 Å². The Morgan fingerprint density at radius 3 is 2.79 bits per heavy atom. The largest absolute Gasteiger partial charge is 0.341 e. The number of aromatic nitrogens is 2. The molecule has 0 bridgehead atoms. The predicted octanol–water partition coefficient (Wildman–Crippen LogP) is 4.44. The number of piperidine rings is 1. The lowest BCUT2D eigenvalue weighted by Gasteiger charge is -2.33. The Kier molecular flexibility index (Phi) is 5.28. The van der Waals surface area contributed by atoms with Crippen LogP contribution in [0.4, 0.5) is 16.0 Å². The van der Waals surface area contributed by atoms with Crippen molar-refractivity contribution in [1.82, 2.24) is 9.55 Å². The molecule has 3 aromatic rings. The number of nitrogens with zero attached hydrogens (tertiary/aromatic N) is 3. The second kappa shape index (κ2) is 8.00. The van der Waals surface area contributed by atoms with Gasteiger partial charge in [0.2, 0.25) is 11.9 Å². The highest BCUT2D eigenvalue weighted by Gasteiger charge is 2.28. The second-order valence-electron chi connectivity index (χ2n) is 7.33. The fourth-order valence-electron chi connectivity index (χ4n) is 3.90. The van der Waals surface area contributed by atoms with Gasteiger partial charge in [0.1, 0.15) is 5.82 Å². The molecule has 1 aromatic heterocycles. The number of benzene rings is 2. The van der Waals surface area contributed by atoms with E-state index in [0.29, 0.717) is 12.2 Å². The van der Waals surface area contributed by atoms with E-state index in [4.69, 9.17) is 4.98 Å². The van der Waals surface area contributed by atoms with Gasteiger partial charge in [0, 0.05) is 25.3 Å². The first kappa shape index (κ1) is 18.5. The SMILES string of the molecule is CCCn1c(N2CCCC(C(=O)Nc3ccc(F)cc3)C2)nc2ccccc21. The zero-order valence-corrected chi connectivity index (χ0v) is 16.1. The van der Waals surface area contributed by atoms with Crippen LogP contribution < -0.4 is 10.2 Å². The summed E-state index contributed by atoms with van der Waals surface area (Å²) in [4.78, 5) is 19.8. The minimum atomic E-state index is -0.309. The second-order valence-corrected chi connectivity index (χ2v) is 7.33. The number of aryl methyl sites for hydroxylation is 1. The van der Waals surface area contributed by atoms with E-state index in [9.17, 15) is 9.18 Å². The zero-order chi connectivity index (χ0) is 19.5. The lowest BCUT2D eigenvalue weighted by atomic mass is 9.97. The molecule has 5 nitrogen and oxygen atoms in total. The normalized spacial score (nSPS) is 17.1. The van der Waals surface area contributed by atoms with E-state index in [0.717, 1.165) is 49.3 Å². The van der Waals surface area contributed by atoms with Crippen LogP contribution >= 0.6 is 0 Å². The fourth-order valence-corrected chi connectivity index (χ4v) is 3.90. The Morgan fingerprint density at radius 1 is 1.21 bits per heavy atom. The molecule has 1 saturated heterocycles. The van der Waals surface area contributed by atoms with Crippen molar-refractivity contribution in [1.29, 1.82) is 0 Å². The summed E-state index contributed by atoms with van der Waals surface area (Å²) in [5.74, 6) is 0.502. The predicted molar refractivity (Wildman–Crippen MR) is 110 cm³/mol. The molecule has 1 aliphatic rings. The van der Waals surface area contributed by atoms with Crippen molar-refractivity contribution in [3.63, 3.8) is 0 Å². The number of imidazole rings is 1. The van der Waals surface area contributed by atoms with E-state index in [1.165, 1.54) is 12.1 Å². The van der Waals surface area contributed by atoms with Gasteiger partial charge in [-0.1, -0.05) is 19.1 Å². The average Bonchev–Trinajstić information content (AvgIpc) is 3.09. The molecule has 28 heavy (non-hydrogen) atoms. The van der Waals surface area contributed by atoms with Crippen LogP contribution in [0.3, 0.4) is 0 Å². The van der Waals surface area contributed by atoms with Crippen LogP contribution in [0.25, 0.3) is 11.0 Å². The summed E-state index contributed by atoms with van der Waals surface area (Å²) >= 11 is 0. The molecule has 1 unspecified atom stereocenters. The van der Waals surface area contributed by atoms with E-state index >= 15 is 0 Å². The summed E-state index contributed by atoms with van der Waals surface area (Å²) in [6.07, 6.45) is 2.81. The van der Waals surface area contributed by atoms with Crippen LogP contribution in [0.2, 0.25) is 0 Å². The maximum absolute atomic E-state index is 13.1. The molecule has 146 valence electrons. The summed E-state index contributed by atoms with van der Waals surface area (Å²) in [5, 5.41) is 2.92. The van der Waals surface area contributed by atoms with Gasteiger partial charge in [-0.25, -0.2) is 9.37 Å². The summed E-state index contributed by atoms with van der Waals surface area (Å²) in [6, 6.07) is 14.1. The highest BCUT2D eigenvalue weighted by molar-refractivity contribution is 5.93. The molecule has 1 atom stereocenters. The van der Waals surface area contributed by atoms with Gasteiger partial charge < -0.3 is 14.8 Å². The van der Waals surface area contributed by atoms with Crippen molar-refractivity contribution in [2.24, 2.45) is 5.92 Å². The molecule has 6 heteroatoms. The van der Waals surface area contributed by atoms with Crippen LogP contribution in [-0.4, -0.2) is 28.5 Å². The molecule has 1 amide bonds. The van der Waals surface area contributed by atoms with Gasteiger partial charge in [0.05, 0.1) is 17.0 Å². The molecule has 0 radical (unpaired) electrons. The Balaban J connectivity index is 1.53. The number of hydrogen-bond donors (Lipinski definition) is 1. The minimum Gasteiger partial charge on any atom is -0.341 e. The number of carbonyl (C=O) groups excluding carboxylic acids is 1. The zero-order valence-electron chi connectivity index (χ0n) is 16.1. The topological polar surface area (TPSA) is 50.2 Å². The smallest absolute Gasteiger partial charge is 0.229 e. The Hall–Kier alpha value is -2.89. The Morgan fingerprint density at radius 2 is 2.00 bits per heavy atom. The highest BCUT2D eigenvalue weighted by Crippen LogP contribution is 2.28. The number of halogens is 1. The standard InChI is InChI=1S/C22H25FN4O/c1-2-13-27-20-8-4-3-7-19(20)25-22(27)26-14-5-6-16(15-26)21(28)24-18-11-9-17(23)10-12-18/h3-4,7-12,16H,2,5-6,13-15H2,1H3,(H,24,28). The van der Waals surface area contributed by atoms with Gasteiger partial charge in [0.25, 0.3) is 0 Å². The van der Waals surface area contributed by atoms with Crippen LogP contribution in [-0.2, 0) is 11.3 Å². The molecule has 2 heterocycles. The highest BCUT2D eigenvalue weighted by atomic mass is 19.1. The van der Waals surface area contributed by atoms with Crippen molar-refractivity contribution >= 4 is 28.6 Å². The molecule has 4 rings (SSSR count). The van der Waals surface area contributed by atoms with E-state index in [-0.39, 0.29) is 17.6 Å². The van der Waals surface area contributed by atoms with Gasteiger partial charge >= 0.3 is 0 Å². The maximum Gasteiger partial charge on any atom is 0.229 e. The van der Waals surface area contributed by atoms with Crippen molar-refractivity contribution in [2.75, 3.05) is 23.3 Å². The molecule has 1 N–H and O–H groups in total. The lowest BCUT2D eigenvalue weighted by molar-refractivity contribution is -0.120. The van der Waals surface area contributed by atoms with Crippen molar-refractivity contribution in [2.45, 2.75) is 32.7 Å². The van der Waals surface area contributed by atoms with Gasteiger partial charge in [-0.05, 0) is 55.7 Å². The number of fused-ring (bicyclic) bond motifs is 1. The summed E-state index contributed by atoms with van der Waals surface area (Å²) in [5.41, 5.74) is 2.75. The third-order valence-corrected chi connectivity index (χ3v) is 5.27. The maximum atomic E-state index is 13.1. The number of amides is 1. The molecule has 0 saturated carbocycles. The van der Waals surface area contributed by atoms with E-state index in [2.05, 4.69) is 27.8 Å². The Bertz CT molecular complexity index is 966. The first-order valence-corrected chi connectivity index (χ1v) is 9.92. The van der Waals surface area contributed by atoms with Gasteiger partial charge in [-0.2, -0.15) is 0 Å². The molecule has 1 fully saturated rings. The van der Waals surface area contributed by atoms with Gasteiger partial charge in [-0.3, -0.25) is 4.79 Å². The summed E-state index contributed by atoms with van der Waals surface area (Å²) in [6.45, 7) is 4.60. The molecular weight excluding hydrogens is 355 g/mol. The van der Waals surface area contributed by atoms with Gasteiger partial charge in [0.15, 0.2) is 0 Å². The number of hydrogen-bond acceptors (Lipinski definition) is 3. The molecular formula is C22H25FN4O. The molecule has 0 aliphatic carbocycles. The minimum absolute atomic E-state index is 0.0190. The number of carbonyl (C=O) groups is 1. The number of anilines is 2. The Labute approximate surface area is 164 Å². The van der Waals surface area contributed by atoms with E-state index in [1.807, 2.05) is 18.2 Å². The van der Waals surface area contributed by atoms with Crippen molar-refractivity contribution in [3.05, 3.63) is 54.3 Å². The first-order chi connectivity index (χ1) is 13.7. The van der Waals surface area contributed by atoms with E-state index in [1.54, 1.807) is 12.1 Å². The quantitative estimate of drug-likeness (QED) is 0.712. The van der Waals surface area contributed by atoms with E-state index < -0.39 is 0 Å². The first-order valence-electron chi connectivity index (χ1n) is 9.92. The number of para-hydroxylation sites is 2. The monoisotopic (exact) mass is 380 g/mol. The number of nitrogens with one attached hydrogen (secondary N) is 1. The third-order valence-electron chi connectivity index (χ3n) is 5.27. The third kappa shape index (κ3) is 3.72. The lowest BCUT2D eigenvalue weighted by Crippen LogP contribution is -2.42. The summed E-state index contributed by atoms with van der Waals surface area (Å²) < 4.78 is 15.3. The van der Waals surface area contributed by atoms with Crippen LogP contribution in [0, 0.1) is 11.7 Å². The average molecular weight is 380 g/mol. The van der Waals surface area contributed by atoms with Gasteiger partial charge in [-0.15, -0.1) is 0 Å². The molecule has 0 spiro atoms. The fraction of sp³-hybridized carbons (Fsp3) is 0.364. The van der Waals surface area contributed by atoms with Crippen LogP contribution in [0.1, 0.15) is 26.2 Å². The summed E-state index contributed by atoms with van der Waals surface area (Å²) in [7, 11) is 0. The van der Waals surface area contributed by atoms with Crippen molar-refractivity contribution in [3.8, 4) is 0 Å². The molecule has 1 aliphatic heterocycles. The van der Waals surface area contributed by atoms with Crippen LogP contribution in [0.5, 0.6) is 0 Å².